The second-order valence-corrected chi connectivity index (χ2v) is 7.23. The molecule has 6 rings (SSSR count). The van der Waals surface area contributed by atoms with Crippen LogP contribution in [0.25, 0.3) is 16.9 Å². The fraction of sp³-hybridized carbons (Fsp3) is 0.350. The van der Waals surface area contributed by atoms with Crippen molar-refractivity contribution in [3.8, 4) is 5.69 Å². The SMILES string of the molecule is Cl.Cl.O=C(c1cnc2c(c1)ncn2-c1ccccc1)N1C[C@@H]2CC[C@H]1CNC2. The number of carbonyl (C=O) groups is 1. The Hall–Kier alpha value is -2.15. The number of carbonyl (C=O) groups excluding carboxylic acids is 1. The maximum absolute atomic E-state index is 13.1. The summed E-state index contributed by atoms with van der Waals surface area (Å²) >= 11 is 0. The average Bonchev–Trinajstić information content (AvgIpc) is 2.85. The van der Waals surface area contributed by atoms with E-state index in [4.69, 9.17) is 0 Å². The minimum atomic E-state index is 0. The molecule has 0 aliphatic carbocycles. The van der Waals surface area contributed by atoms with Crippen LogP contribution in [0.4, 0.5) is 0 Å². The van der Waals surface area contributed by atoms with Gasteiger partial charge in [0.1, 0.15) is 11.8 Å². The Morgan fingerprint density at radius 3 is 2.71 bits per heavy atom. The Labute approximate surface area is 176 Å². The van der Waals surface area contributed by atoms with E-state index in [9.17, 15) is 4.79 Å². The number of hydrogen-bond acceptors (Lipinski definition) is 4. The Kier molecular flexibility index (Phi) is 6.23. The molecule has 3 fully saturated rings. The van der Waals surface area contributed by atoms with Crippen molar-refractivity contribution in [2.45, 2.75) is 18.9 Å². The first-order valence-electron chi connectivity index (χ1n) is 9.20. The maximum atomic E-state index is 13.1. The smallest absolute Gasteiger partial charge is 0.255 e. The van der Waals surface area contributed by atoms with Crippen LogP contribution in [0, 0.1) is 5.92 Å². The lowest BCUT2D eigenvalue weighted by molar-refractivity contribution is 0.0591. The number of pyridine rings is 1. The van der Waals surface area contributed by atoms with E-state index in [-0.39, 0.29) is 30.7 Å². The largest absolute Gasteiger partial charge is 0.334 e. The van der Waals surface area contributed by atoms with E-state index in [0.717, 1.165) is 42.9 Å². The van der Waals surface area contributed by atoms with Crippen molar-refractivity contribution in [2.24, 2.45) is 5.92 Å². The van der Waals surface area contributed by atoms with Gasteiger partial charge in [0.2, 0.25) is 0 Å². The number of para-hydroxylation sites is 1. The predicted molar refractivity (Wildman–Crippen MR) is 114 cm³/mol. The highest BCUT2D eigenvalue weighted by Gasteiger charge is 2.34. The Morgan fingerprint density at radius 2 is 1.89 bits per heavy atom. The minimum Gasteiger partial charge on any atom is -0.334 e. The third kappa shape index (κ3) is 3.60. The summed E-state index contributed by atoms with van der Waals surface area (Å²) in [6.45, 7) is 2.74. The molecule has 148 valence electrons. The lowest BCUT2D eigenvalue weighted by Crippen LogP contribution is -2.47. The van der Waals surface area contributed by atoms with E-state index < -0.39 is 0 Å². The summed E-state index contributed by atoms with van der Waals surface area (Å²) in [5.41, 5.74) is 3.16. The quantitative estimate of drug-likeness (QED) is 0.692. The molecule has 1 N–H and O–H groups in total. The maximum Gasteiger partial charge on any atom is 0.255 e. The van der Waals surface area contributed by atoms with Gasteiger partial charge in [-0.1, -0.05) is 18.2 Å². The van der Waals surface area contributed by atoms with E-state index in [1.54, 1.807) is 12.5 Å². The van der Waals surface area contributed by atoms with Crippen LogP contribution in [-0.4, -0.2) is 51.0 Å². The van der Waals surface area contributed by atoms with Gasteiger partial charge in [-0.2, -0.15) is 0 Å². The summed E-state index contributed by atoms with van der Waals surface area (Å²) < 4.78 is 1.95. The van der Waals surface area contributed by atoms with Crippen molar-refractivity contribution in [1.29, 1.82) is 0 Å². The van der Waals surface area contributed by atoms with Crippen LogP contribution in [0.3, 0.4) is 0 Å². The highest BCUT2D eigenvalue weighted by molar-refractivity contribution is 5.96. The van der Waals surface area contributed by atoms with Gasteiger partial charge in [0.15, 0.2) is 5.65 Å². The molecule has 0 spiro atoms. The first kappa shape index (κ1) is 20.6. The van der Waals surface area contributed by atoms with E-state index >= 15 is 0 Å². The van der Waals surface area contributed by atoms with Crippen LogP contribution in [0.5, 0.6) is 0 Å². The molecule has 8 heteroatoms. The van der Waals surface area contributed by atoms with Gasteiger partial charge in [-0.25, -0.2) is 9.97 Å². The molecular formula is C20H23Cl2N5O. The van der Waals surface area contributed by atoms with Crippen molar-refractivity contribution in [2.75, 3.05) is 19.6 Å². The second-order valence-electron chi connectivity index (χ2n) is 7.23. The first-order valence-corrected chi connectivity index (χ1v) is 9.20. The zero-order chi connectivity index (χ0) is 17.5. The van der Waals surface area contributed by atoms with Crippen LogP contribution in [0.2, 0.25) is 0 Å². The van der Waals surface area contributed by atoms with Crippen LogP contribution < -0.4 is 5.32 Å². The van der Waals surface area contributed by atoms with Gasteiger partial charge in [0.05, 0.1) is 5.56 Å². The molecule has 1 amide bonds. The average molecular weight is 420 g/mol. The van der Waals surface area contributed by atoms with Gasteiger partial charge < -0.3 is 10.2 Å². The molecule has 3 aromatic rings. The molecule has 0 unspecified atom stereocenters. The van der Waals surface area contributed by atoms with Crippen LogP contribution in [-0.2, 0) is 0 Å². The Morgan fingerprint density at radius 1 is 1.07 bits per heavy atom. The number of nitrogens with one attached hydrogen (secondary N) is 1. The molecule has 3 aliphatic rings. The summed E-state index contributed by atoms with van der Waals surface area (Å²) in [7, 11) is 0. The molecule has 28 heavy (non-hydrogen) atoms. The minimum absolute atomic E-state index is 0. The summed E-state index contributed by atoms with van der Waals surface area (Å²) in [5.74, 6) is 0.638. The van der Waals surface area contributed by atoms with Gasteiger partial charge in [0.25, 0.3) is 5.91 Å². The number of imidazole rings is 1. The third-order valence-corrected chi connectivity index (χ3v) is 5.55. The number of nitrogens with zero attached hydrogens (tertiary/aromatic N) is 4. The summed E-state index contributed by atoms with van der Waals surface area (Å²) in [5, 5.41) is 3.47. The predicted octanol–water partition coefficient (Wildman–Crippen LogP) is 3.09. The van der Waals surface area contributed by atoms with E-state index in [1.807, 2.05) is 45.9 Å². The number of benzene rings is 1. The molecule has 2 bridgehead atoms. The highest BCUT2D eigenvalue weighted by Crippen LogP contribution is 2.26. The van der Waals surface area contributed by atoms with E-state index in [1.165, 1.54) is 6.42 Å². The van der Waals surface area contributed by atoms with Gasteiger partial charge >= 0.3 is 0 Å². The first-order chi connectivity index (χ1) is 12.8. The molecule has 6 nitrogen and oxygen atoms in total. The van der Waals surface area contributed by atoms with Gasteiger partial charge in [0, 0.05) is 31.0 Å². The molecule has 5 heterocycles. The van der Waals surface area contributed by atoms with Crippen molar-refractivity contribution in [3.63, 3.8) is 0 Å². The van der Waals surface area contributed by atoms with Crippen LogP contribution >= 0.6 is 24.8 Å². The molecule has 2 aromatic heterocycles. The number of rotatable bonds is 2. The summed E-state index contributed by atoms with van der Waals surface area (Å²) in [4.78, 5) is 24.1. The summed E-state index contributed by atoms with van der Waals surface area (Å²) in [6, 6.07) is 12.2. The number of hydrogen-bond donors (Lipinski definition) is 1. The fourth-order valence-electron chi connectivity index (χ4n) is 4.15. The Bertz CT molecular complexity index is 958. The fourth-order valence-corrected chi connectivity index (χ4v) is 4.15. The number of amides is 1. The van der Waals surface area contributed by atoms with Gasteiger partial charge in [-0.15, -0.1) is 24.8 Å². The zero-order valence-corrected chi connectivity index (χ0v) is 17.0. The van der Waals surface area contributed by atoms with E-state index in [2.05, 4.69) is 15.3 Å². The van der Waals surface area contributed by atoms with Crippen molar-refractivity contribution < 1.29 is 4.79 Å². The number of piperidine rings is 1. The Balaban J connectivity index is 0.00000112. The van der Waals surface area contributed by atoms with E-state index in [0.29, 0.717) is 17.5 Å². The molecular weight excluding hydrogens is 397 g/mol. The number of fused-ring (bicyclic) bond motifs is 5. The number of halogens is 2. The lowest BCUT2D eigenvalue weighted by atomic mass is 9.94. The molecule has 3 aliphatic heterocycles. The van der Waals surface area contributed by atoms with Crippen molar-refractivity contribution >= 4 is 41.9 Å². The van der Waals surface area contributed by atoms with Crippen LogP contribution in [0.15, 0.2) is 48.9 Å². The molecule has 0 saturated carbocycles. The second kappa shape index (κ2) is 8.47. The molecule has 3 saturated heterocycles. The van der Waals surface area contributed by atoms with Gasteiger partial charge in [-0.05, 0) is 43.5 Å². The lowest BCUT2D eigenvalue weighted by Gasteiger charge is -2.36. The normalized spacial score (nSPS) is 20.9. The zero-order valence-electron chi connectivity index (χ0n) is 15.3. The molecule has 0 radical (unpaired) electrons. The topological polar surface area (TPSA) is 63.1 Å². The van der Waals surface area contributed by atoms with Crippen molar-refractivity contribution in [1.82, 2.24) is 24.8 Å². The summed E-state index contributed by atoms with van der Waals surface area (Å²) in [6.07, 6.45) is 5.75. The number of aromatic nitrogens is 3. The van der Waals surface area contributed by atoms with Gasteiger partial charge in [-0.3, -0.25) is 9.36 Å². The van der Waals surface area contributed by atoms with Crippen LogP contribution in [0.1, 0.15) is 23.2 Å². The monoisotopic (exact) mass is 419 g/mol. The third-order valence-electron chi connectivity index (χ3n) is 5.55. The molecule has 1 aromatic carbocycles. The molecule has 2 atom stereocenters. The standard InChI is InChI=1S/C20H21N5O.2ClH/c26-20(24-12-14-6-7-17(24)11-21-9-14)15-8-18-19(22-10-15)25(13-23-18)16-4-2-1-3-5-16;;/h1-5,8,10,13-14,17,21H,6-7,9,11-12H2;2*1H/t14-,17+;;/m1../s1. The highest BCUT2D eigenvalue weighted by atomic mass is 35.5. The van der Waals surface area contributed by atoms with Crippen molar-refractivity contribution in [3.05, 3.63) is 54.5 Å².